The summed E-state index contributed by atoms with van der Waals surface area (Å²) in [6.45, 7) is 3.01. The number of benzene rings is 1. The standard InChI is InChI=1S/C21H26N4O6S/c1-2-3-4-13-31-19(27)14-17-20(28)22-11-12-24(17)21(32)23-18(26)10-7-15-5-8-16(9-6-15)25(29)30/h5-10,17H,2-4,11-14H2,1H3,(H,22,28)(H,23,26,32)/b10-7+. The number of piperazine rings is 1. The summed E-state index contributed by atoms with van der Waals surface area (Å²) in [5, 5.41) is 15.9. The van der Waals surface area contributed by atoms with Crippen molar-refractivity contribution in [3.63, 3.8) is 0 Å². The molecule has 1 aromatic rings. The number of hydrogen-bond acceptors (Lipinski definition) is 7. The summed E-state index contributed by atoms with van der Waals surface area (Å²) in [4.78, 5) is 48.3. The molecule has 0 saturated carbocycles. The van der Waals surface area contributed by atoms with Crippen molar-refractivity contribution in [1.82, 2.24) is 15.5 Å². The number of nitro benzene ring substituents is 1. The van der Waals surface area contributed by atoms with E-state index in [1.165, 1.54) is 41.3 Å². The van der Waals surface area contributed by atoms with Crippen LogP contribution in [0.1, 0.15) is 38.2 Å². The number of amides is 2. The lowest BCUT2D eigenvalue weighted by molar-refractivity contribution is -0.384. The van der Waals surface area contributed by atoms with Crippen LogP contribution in [0.25, 0.3) is 6.08 Å². The summed E-state index contributed by atoms with van der Waals surface area (Å²) in [5.41, 5.74) is 0.545. The molecule has 10 nitrogen and oxygen atoms in total. The van der Waals surface area contributed by atoms with E-state index in [2.05, 4.69) is 10.6 Å². The van der Waals surface area contributed by atoms with Crippen LogP contribution in [-0.2, 0) is 19.1 Å². The predicted molar refractivity (Wildman–Crippen MR) is 121 cm³/mol. The maximum Gasteiger partial charge on any atom is 0.308 e. The minimum atomic E-state index is -0.867. The first-order valence-electron chi connectivity index (χ1n) is 10.3. The van der Waals surface area contributed by atoms with Crippen molar-refractivity contribution >= 4 is 46.9 Å². The van der Waals surface area contributed by atoms with Crippen LogP contribution >= 0.6 is 12.2 Å². The monoisotopic (exact) mass is 462 g/mol. The van der Waals surface area contributed by atoms with Crippen LogP contribution in [0.5, 0.6) is 0 Å². The van der Waals surface area contributed by atoms with Gasteiger partial charge in [0, 0.05) is 31.3 Å². The van der Waals surface area contributed by atoms with E-state index >= 15 is 0 Å². The Balaban J connectivity index is 1.93. The maximum absolute atomic E-state index is 12.3. The molecule has 1 atom stereocenters. The summed E-state index contributed by atoms with van der Waals surface area (Å²) in [6.07, 6.45) is 5.25. The molecular formula is C21H26N4O6S. The number of unbranched alkanes of at least 4 members (excludes halogenated alkanes) is 2. The van der Waals surface area contributed by atoms with Gasteiger partial charge in [0.25, 0.3) is 5.69 Å². The van der Waals surface area contributed by atoms with Crippen LogP contribution < -0.4 is 10.6 Å². The van der Waals surface area contributed by atoms with Gasteiger partial charge in [-0.2, -0.15) is 0 Å². The molecule has 0 bridgehead atoms. The second-order valence-corrected chi connectivity index (χ2v) is 7.49. The van der Waals surface area contributed by atoms with Crippen LogP contribution in [0.4, 0.5) is 5.69 Å². The molecule has 1 unspecified atom stereocenters. The molecule has 2 N–H and O–H groups in total. The van der Waals surface area contributed by atoms with Gasteiger partial charge in [-0.15, -0.1) is 0 Å². The zero-order valence-corrected chi connectivity index (χ0v) is 18.6. The van der Waals surface area contributed by atoms with E-state index in [9.17, 15) is 24.5 Å². The highest BCUT2D eigenvalue weighted by molar-refractivity contribution is 7.80. The predicted octanol–water partition coefficient (Wildman–Crippen LogP) is 1.93. The third-order valence-electron chi connectivity index (χ3n) is 4.72. The van der Waals surface area contributed by atoms with Crippen LogP contribution in [0.2, 0.25) is 0 Å². The number of carbonyl (C=O) groups excluding carboxylic acids is 3. The fourth-order valence-corrected chi connectivity index (χ4v) is 3.33. The molecule has 0 aliphatic carbocycles. The van der Waals surface area contributed by atoms with Crippen molar-refractivity contribution in [2.75, 3.05) is 19.7 Å². The molecule has 2 amide bonds. The summed E-state index contributed by atoms with van der Waals surface area (Å²) in [7, 11) is 0. The highest BCUT2D eigenvalue weighted by Gasteiger charge is 2.34. The maximum atomic E-state index is 12.3. The normalized spacial score (nSPS) is 15.8. The van der Waals surface area contributed by atoms with Crippen LogP contribution in [0.15, 0.2) is 30.3 Å². The zero-order valence-electron chi connectivity index (χ0n) is 17.7. The highest BCUT2D eigenvalue weighted by atomic mass is 32.1. The average molecular weight is 463 g/mol. The van der Waals surface area contributed by atoms with Crippen molar-refractivity contribution < 1.29 is 24.0 Å². The topological polar surface area (TPSA) is 131 Å². The number of ether oxygens (including phenoxy) is 1. The van der Waals surface area contributed by atoms with E-state index in [-0.39, 0.29) is 23.1 Å². The van der Waals surface area contributed by atoms with Gasteiger partial charge in [-0.25, -0.2) is 0 Å². The summed E-state index contributed by atoms with van der Waals surface area (Å²) >= 11 is 5.28. The third kappa shape index (κ3) is 7.73. The van der Waals surface area contributed by atoms with E-state index in [1.807, 2.05) is 6.92 Å². The fourth-order valence-electron chi connectivity index (χ4n) is 3.01. The van der Waals surface area contributed by atoms with Gasteiger partial charge in [0.15, 0.2) is 5.11 Å². The molecule has 0 spiro atoms. The van der Waals surface area contributed by atoms with Crippen molar-refractivity contribution in [2.45, 2.75) is 38.6 Å². The van der Waals surface area contributed by atoms with Gasteiger partial charge < -0.3 is 15.0 Å². The van der Waals surface area contributed by atoms with Crippen LogP contribution in [0.3, 0.4) is 0 Å². The number of nitrogens with zero attached hydrogens (tertiary/aromatic N) is 2. The van der Waals surface area contributed by atoms with Crippen molar-refractivity contribution in [3.8, 4) is 0 Å². The second kappa shape index (κ2) is 12.5. The summed E-state index contributed by atoms with van der Waals surface area (Å²) in [5.74, 6) is -1.39. The van der Waals surface area contributed by atoms with Gasteiger partial charge in [0.2, 0.25) is 11.8 Å². The number of esters is 1. The Labute approximate surface area is 191 Å². The molecule has 32 heavy (non-hydrogen) atoms. The first-order valence-corrected chi connectivity index (χ1v) is 10.7. The fraction of sp³-hybridized carbons (Fsp3) is 0.429. The van der Waals surface area contributed by atoms with Crippen LogP contribution in [0, 0.1) is 10.1 Å². The minimum absolute atomic E-state index is 0.0296. The number of carbonyl (C=O) groups is 3. The molecule has 0 radical (unpaired) electrons. The number of nitrogens with one attached hydrogen (secondary N) is 2. The van der Waals surface area contributed by atoms with E-state index in [4.69, 9.17) is 17.0 Å². The van der Waals surface area contributed by atoms with E-state index in [0.717, 1.165) is 19.3 Å². The zero-order chi connectivity index (χ0) is 23.5. The van der Waals surface area contributed by atoms with Gasteiger partial charge in [-0.3, -0.25) is 29.8 Å². The Kier molecular flexibility index (Phi) is 9.74. The lowest BCUT2D eigenvalue weighted by Gasteiger charge is -2.36. The van der Waals surface area contributed by atoms with Crippen LogP contribution in [-0.4, -0.2) is 58.5 Å². The molecular weight excluding hydrogens is 436 g/mol. The number of hydrogen-bond donors (Lipinski definition) is 2. The molecule has 1 saturated heterocycles. The number of non-ortho nitro benzene ring substituents is 1. The van der Waals surface area contributed by atoms with Gasteiger partial charge in [0.05, 0.1) is 18.0 Å². The summed E-state index contributed by atoms with van der Waals surface area (Å²) < 4.78 is 5.19. The number of rotatable bonds is 9. The lowest BCUT2D eigenvalue weighted by atomic mass is 10.1. The molecule has 11 heteroatoms. The van der Waals surface area contributed by atoms with Gasteiger partial charge in [-0.05, 0) is 42.4 Å². The Hall–Kier alpha value is -3.34. The van der Waals surface area contributed by atoms with Crippen molar-refractivity contribution in [2.24, 2.45) is 0 Å². The SMILES string of the molecule is CCCCCOC(=O)CC1C(=O)NCCN1C(=S)NC(=O)/C=C/c1ccc([N+](=O)[O-])cc1. The van der Waals surface area contributed by atoms with E-state index < -0.39 is 22.8 Å². The summed E-state index contributed by atoms with van der Waals surface area (Å²) in [6, 6.07) is 4.82. The minimum Gasteiger partial charge on any atom is -0.466 e. The molecule has 0 aromatic heterocycles. The quantitative estimate of drug-likeness (QED) is 0.142. The largest absolute Gasteiger partial charge is 0.466 e. The molecule has 1 aliphatic rings. The van der Waals surface area contributed by atoms with Gasteiger partial charge >= 0.3 is 5.97 Å². The van der Waals surface area contributed by atoms with E-state index in [1.54, 1.807) is 0 Å². The Morgan fingerprint density at radius 1 is 1.34 bits per heavy atom. The molecule has 1 aliphatic heterocycles. The Morgan fingerprint density at radius 3 is 2.72 bits per heavy atom. The first-order chi connectivity index (χ1) is 15.3. The molecule has 1 heterocycles. The highest BCUT2D eigenvalue weighted by Crippen LogP contribution is 2.13. The first kappa shape index (κ1) is 24.9. The van der Waals surface area contributed by atoms with Crippen molar-refractivity contribution in [3.05, 3.63) is 46.0 Å². The lowest BCUT2D eigenvalue weighted by Crippen LogP contribution is -2.60. The third-order valence-corrected chi connectivity index (χ3v) is 5.06. The van der Waals surface area contributed by atoms with Gasteiger partial charge in [0.1, 0.15) is 6.04 Å². The Bertz CT molecular complexity index is 887. The van der Waals surface area contributed by atoms with E-state index in [0.29, 0.717) is 25.3 Å². The second-order valence-electron chi connectivity index (χ2n) is 7.11. The molecule has 172 valence electrons. The molecule has 2 rings (SSSR count). The molecule has 1 fully saturated rings. The van der Waals surface area contributed by atoms with Crippen molar-refractivity contribution in [1.29, 1.82) is 0 Å². The average Bonchev–Trinajstić information content (AvgIpc) is 2.77. The smallest absolute Gasteiger partial charge is 0.308 e. The Morgan fingerprint density at radius 2 is 2.06 bits per heavy atom. The van der Waals surface area contributed by atoms with Gasteiger partial charge in [-0.1, -0.05) is 19.8 Å². The molecule has 1 aromatic carbocycles. The number of thiocarbonyl (C=S) groups is 1. The number of nitro groups is 1.